The molecule has 0 radical (unpaired) electrons. The summed E-state index contributed by atoms with van der Waals surface area (Å²) in [5.41, 5.74) is 0. The van der Waals surface area contributed by atoms with E-state index in [9.17, 15) is 9.32 Å². The van der Waals surface area contributed by atoms with E-state index in [1.54, 1.807) is 0 Å². The van der Waals surface area contributed by atoms with Crippen LogP contribution in [0.4, 0.5) is 0 Å². The summed E-state index contributed by atoms with van der Waals surface area (Å²) in [5.74, 6) is 1.69. The van der Waals surface area contributed by atoms with Gasteiger partial charge in [0, 0.05) is 41.4 Å². The largest absolute Gasteiger partial charge is 0.393 e. The summed E-state index contributed by atoms with van der Waals surface area (Å²) in [7, 11) is -0.563. The quantitative estimate of drug-likeness (QED) is 0.689. The fraction of sp³-hybridized carbons (Fsp3) is 1.00. The first-order valence-corrected chi connectivity index (χ1v) is 7.01. The Kier molecular flexibility index (Phi) is 3.57. The van der Waals surface area contributed by atoms with Crippen LogP contribution in [0.1, 0.15) is 25.7 Å². The van der Waals surface area contributed by atoms with Gasteiger partial charge >= 0.3 is 0 Å². The van der Waals surface area contributed by atoms with Crippen LogP contribution in [0.5, 0.6) is 0 Å². The molecule has 0 aromatic heterocycles. The average molecular weight is 217 g/mol. The smallest absolute Gasteiger partial charge is 0.0541 e. The van der Waals surface area contributed by atoms with Crippen LogP contribution in [0.2, 0.25) is 0 Å². The summed E-state index contributed by atoms with van der Waals surface area (Å²) >= 11 is 0. The maximum absolute atomic E-state index is 11.2. The van der Waals surface area contributed by atoms with Gasteiger partial charge in [-0.2, -0.15) is 0 Å². The molecular formula is C10H19NO2S. The molecule has 0 atom stereocenters. The highest BCUT2D eigenvalue weighted by atomic mass is 32.2. The molecule has 0 aromatic carbocycles. The third kappa shape index (κ3) is 2.55. The van der Waals surface area contributed by atoms with Crippen LogP contribution >= 0.6 is 0 Å². The Balaban J connectivity index is 1.81. The lowest BCUT2D eigenvalue weighted by Crippen LogP contribution is -2.46. The minimum Gasteiger partial charge on any atom is -0.393 e. The minimum absolute atomic E-state index is 0.0647. The molecule has 0 bridgehead atoms. The minimum atomic E-state index is -0.563. The molecule has 0 aromatic rings. The lowest BCUT2D eigenvalue weighted by atomic mass is 9.92. The van der Waals surface area contributed by atoms with Gasteiger partial charge < -0.3 is 5.11 Å². The van der Waals surface area contributed by atoms with Crippen molar-refractivity contribution in [2.24, 2.45) is 0 Å². The first-order chi connectivity index (χ1) is 6.75. The highest BCUT2D eigenvalue weighted by Crippen LogP contribution is 2.23. The maximum Gasteiger partial charge on any atom is 0.0541 e. The van der Waals surface area contributed by atoms with Gasteiger partial charge in [-0.25, -0.2) is 0 Å². The predicted octanol–water partition coefficient (Wildman–Crippen LogP) is 0.354. The molecule has 82 valence electrons. The summed E-state index contributed by atoms with van der Waals surface area (Å²) in [6, 6.07) is 0.649. The van der Waals surface area contributed by atoms with Crippen LogP contribution in [-0.4, -0.2) is 51.0 Å². The van der Waals surface area contributed by atoms with E-state index < -0.39 is 10.8 Å². The summed E-state index contributed by atoms with van der Waals surface area (Å²) in [6.07, 6.45) is 4.07. The summed E-state index contributed by atoms with van der Waals surface area (Å²) in [5, 5.41) is 9.40. The van der Waals surface area contributed by atoms with Crippen LogP contribution in [0.25, 0.3) is 0 Å². The van der Waals surface area contributed by atoms with E-state index in [4.69, 9.17) is 0 Å². The zero-order valence-electron chi connectivity index (χ0n) is 8.52. The second-order valence-corrected chi connectivity index (χ2v) is 6.04. The molecule has 0 spiro atoms. The van der Waals surface area contributed by atoms with Gasteiger partial charge in [-0.1, -0.05) is 0 Å². The van der Waals surface area contributed by atoms with Crippen LogP contribution in [0.3, 0.4) is 0 Å². The van der Waals surface area contributed by atoms with Crippen molar-refractivity contribution in [3.05, 3.63) is 0 Å². The molecule has 2 rings (SSSR count). The molecule has 2 fully saturated rings. The molecular weight excluding hydrogens is 198 g/mol. The van der Waals surface area contributed by atoms with Crippen molar-refractivity contribution >= 4 is 10.8 Å². The van der Waals surface area contributed by atoms with Crippen LogP contribution in [0.15, 0.2) is 0 Å². The Morgan fingerprint density at radius 3 is 2.21 bits per heavy atom. The van der Waals surface area contributed by atoms with E-state index >= 15 is 0 Å². The summed E-state index contributed by atoms with van der Waals surface area (Å²) in [4.78, 5) is 2.47. The van der Waals surface area contributed by atoms with Gasteiger partial charge in [0.15, 0.2) is 0 Å². The molecule has 2 aliphatic rings. The Morgan fingerprint density at radius 2 is 1.64 bits per heavy atom. The van der Waals surface area contributed by atoms with Crippen molar-refractivity contribution < 1.29 is 9.32 Å². The number of rotatable bonds is 1. The van der Waals surface area contributed by atoms with Gasteiger partial charge in [0.2, 0.25) is 0 Å². The molecule has 1 aliphatic heterocycles. The molecule has 14 heavy (non-hydrogen) atoms. The average Bonchev–Trinajstić information content (AvgIpc) is 2.21. The molecule has 3 nitrogen and oxygen atoms in total. The highest BCUT2D eigenvalue weighted by molar-refractivity contribution is 7.85. The lowest BCUT2D eigenvalue weighted by molar-refractivity contribution is 0.0777. The van der Waals surface area contributed by atoms with E-state index in [-0.39, 0.29) is 6.10 Å². The SMILES string of the molecule is O=S1CCN(C2CCC(O)CC2)CC1. The lowest BCUT2D eigenvalue weighted by Gasteiger charge is -2.37. The molecule has 1 saturated heterocycles. The Bertz CT molecular complexity index is 204. The van der Waals surface area contributed by atoms with E-state index in [2.05, 4.69) is 4.90 Å². The van der Waals surface area contributed by atoms with Crippen molar-refractivity contribution in [2.45, 2.75) is 37.8 Å². The zero-order chi connectivity index (χ0) is 9.97. The Morgan fingerprint density at radius 1 is 1.07 bits per heavy atom. The highest BCUT2D eigenvalue weighted by Gasteiger charge is 2.26. The van der Waals surface area contributed by atoms with Crippen molar-refractivity contribution in [1.29, 1.82) is 0 Å². The van der Waals surface area contributed by atoms with Gasteiger partial charge in [-0.3, -0.25) is 9.11 Å². The standard InChI is InChI=1S/C10H19NO2S/c12-10-3-1-9(2-4-10)11-5-7-14(13)8-6-11/h9-10,12H,1-8H2. The van der Waals surface area contributed by atoms with Crippen molar-refractivity contribution in [3.63, 3.8) is 0 Å². The molecule has 1 N–H and O–H groups in total. The number of nitrogens with zero attached hydrogens (tertiary/aromatic N) is 1. The van der Waals surface area contributed by atoms with Gasteiger partial charge in [0.1, 0.15) is 0 Å². The topological polar surface area (TPSA) is 40.5 Å². The second-order valence-electron chi connectivity index (χ2n) is 4.35. The van der Waals surface area contributed by atoms with Crippen LogP contribution in [-0.2, 0) is 10.8 Å². The summed E-state index contributed by atoms with van der Waals surface area (Å²) < 4.78 is 11.2. The fourth-order valence-electron chi connectivity index (χ4n) is 2.44. The van der Waals surface area contributed by atoms with Crippen molar-refractivity contribution in [1.82, 2.24) is 4.90 Å². The first kappa shape index (κ1) is 10.6. The Labute approximate surface area is 87.9 Å². The number of hydrogen-bond acceptors (Lipinski definition) is 3. The Hall–Kier alpha value is 0.0700. The molecule has 0 unspecified atom stereocenters. The number of aliphatic hydroxyl groups excluding tert-OH is 1. The maximum atomic E-state index is 11.2. The predicted molar refractivity (Wildman–Crippen MR) is 57.7 cm³/mol. The van der Waals surface area contributed by atoms with Crippen molar-refractivity contribution in [2.75, 3.05) is 24.6 Å². The normalized spacial score (nSPS) is 37.2. The zero-order valence-corrected chi connectivity index (χ0v) is 9.34. The van der Waals surface area contributed by atoms with Crippen LogP contribution < -0.4 is 0 Å². The van der Waals surface area contributed by atoms with Gasteiger partial charge in [-0.05, 0) is 25.7 Å². The summed E-state index contributed by atoms with van der Waals surface area (Å²) in [6.45, 7) is 1.99. The molecule has 1 saturated carbocycles. The van der Waals surface area contributed by atoms with Crippen molar-refractivity contribution in [3.8, 4) is 0 Å². The van der Waals surface area contributed by atoms with Crippen LogP contribution in [0, 0.1) is 0 Å². The molecule has 4 heteroatoms. The number of hydrogen-bond donors (Lipinski definition) is 1. The van der Waals surface area contributed by atoms with Gasteiger partial charge in [-0.15, -0.1) is 0 Å². The van der Waals surface area contributed by atoms with E-state index in [0.717, 1.165) is 50.3 Å². The number of aliphatic hydroxyl groups is 1. The van der Waals surface area contributed by atoms with Gasteiger partial charge in [0.25, 0.3) is 0 Å². The first-order valence-electron chi connectivity index (χ1n) is 5.53. The fourth-order valence-corrected chi connectivity index (χ4v) is 3.52. The van der Waals surface area contributed by atoms with Gasteiger partial charge in [0.05, 0.1) is 6.10 Å². The third-order valence-electron chi connectivity index (χ3n) is 3.39. The molecule has 0 amide bonds. The third-order valence-corrected chi connectivity index (χ3v) is 4.67. The van der Waals surface area contributed by atoms with E-state index in [0.29, 0.717) is 6.04 Å². The van der Waals surface area contributed by atoms with E-state index in [1.165, 1.54) is 0 Å². The molecule has 1 aliphatic carbocycles. The molecule has 1 heterocycles. The van der Waals surface area contributed by atoms with E-state index in [1.807, 2.05) is 0 Å². The monoisotopic (exact) mass is 217 g/mol. The second kappa shape index (κ2) is 4.73.